The molecule has 0 atom stereocenters. The van der Waals surface area contributed by atoms with Crippen LogP contribution >= 0.6 is 11.3 Å². The zero-order valence-corrected chi connectivity index (χ0v) is 20.6. The number of nitrogens with zero attached hydrogens (tertiary/aromatic N) is 5. The highest BCUT2D eigenvalue weighted by atomic mass is 32.1. The first-order valence-electron chi connectivity index (χ1n) is 11.6. The second-order valence-electron chi connectivity index (χ2n) is 9.85. The highest BCUT2D eigenvalue weighted by molar-refractivity contribution is 7.21. The number of hydrogen-bond donors (Lipinski definition) is 2. The van der Waals surface area contributed by atoms with Crippen LogP contribution in [0.1, 0.15) is 26.5 Å². The Morgan fingerprint density at radius 3 is 2.86 bits per heavy atom. The first-order chi connectivity index (χ1) is 16.8. The van der Waals surface area contributed by atoms with Gasteiger partial charge in [-0.1, -0.05) is 26.8 Å². The van der Waals surface area contributed by atoms with Gasteiger partial charge in [-0.3, -0.25) is 24.5 Å². The van der Waals surface area contributed by atoms with Crippen molar-refractivity contribution in [2.75, 3.05) is 25.0 Å². The van der Waals surface area contributed by atoms with Gasteiger partial charge in [0.05, 0.1) is 28.8 Å². The molecule has 0 spiro atoms. The van der Waals surface area contributed by atoms with Crippen molar-refractivity contribution in [3.63, 3.8) is 0 Å². The highest BCUT2D eigenvalue weighted by Gasteiger charge is 2.34. The number of aryl methyl sites for hydroxylation is 1. The third kappa shape index (κ3) is 3.78. The molecular weight excluding hydrogens is 462 g/mol. The van der Waals surface area contributed by atoms with Crippen molar-refractivity contribution < 1.29 is 4.79 Å². The molecule has 9 nitrogen and oxygen atoms in total. The number of anilines is 1. The van der Waals surface area contributed by atoms with Crippen LogP contribution in [-0.2, 0) is 11.2 Å². The van der Waals surface area contributed by atoms with Gasteiger partial charge in [-0.25, -0.2) is 4.52 Å². The number of amides is 1. The lowest BCUT2D eigenvalue weighted by Gasteiger charge is -2.45. The molecule has 5 aromatic heterocycles. The molecule has 5 aromatic rings. The number of likely N-dealkylation sites (tertiary alicyclic amines) is 1. The number of nitrogens with one attached hydrogen (secondary N) is 2. The van der Waals surface area contributed by atoms with Gasteiger partial charge < -0.3 is 10.3 Å². The zero-order chi connectivity index (χ0) is 24.3. The molecule has 178 valence electrons. The van der Waals surface area contributed by atoms with Crippen molar-refractivity contribution in [3.05, 3.63) is 52.8 Å². The van der Waals surface area contributed by atoms with E-state index in [1.165, 1.54) is 11.3 Å². The average molecular weight is 488 g/mol. The number of carbonyl (C=O) groups excluding carboxylic acids is 1. The third-order valence-electron chi connectivity index (χ3n) is 6.34. The number of fused-ring (bicyclic) bond motifs is 5. The number of hydrogen-bond acceptors (Lipinski definition) is 7. The van der Waals surface area contributed by atoms with E-state index in [2.05, 4.69) is 45.9 Å². The molecular formula is C25H25N7O2S. The maximum absolute atomic E-state index is 13.1. The van der Waals surface area contributed by atoms with Gasteiger partial charge in [-0.15, -0.1) is 11.3 Å². The van der Waals surface area contributed by atoms with Gasteiger partial charge >= 0.3 is 0 Å². The van der Waals surface area contributed by atoms with Crippen molar-refractivity contribution >= 4 is 49.7 Å². The number of aromatic nitrogens is 5. The maximum atomic E-state index is 13.1. The second-order valence-corrected chi connectivity index (χ2v) is 10.9. The molecule has 1 fully saturated rings. The molecule has 6 heterocycles. The summed E-state index contributed by atoms with van der Waals surface area (Å²) in [5.74, 6) is -0.0954. The van der Waals surface area contributed by atoms with Crippen LogP contribution < -0.4 is 10.9 Å². The Labute approximate surface area is 204 Å². The summed E-state index contributed by atoms with van der Waals surface area (Å²) in [6.07, 6.45) is 6.16. The molecule has 10 heteroatoms. The Morgan fingerprint density at radius 1 is 1.26 bits per heavy atom. The molecule has 35 heavy (non-hydrogen) atoms. The number of pyridine rings is 3. The van der Waals surface area contributed by atoms with Crippen LogP contribution in [0.25, 0.3) is 37.2 Å². The Kier molecular flexibility index (Phi) is 4.97. The summed E-state index contributed by atoms with van der Waals surface area (Å²) in [5, 5.41) is 8.10. The SMILES string of the molecule is CCc1ncccc1-c1cn2nc3c4ncc(NC(=O)CN5CC(C)(C)C5)cc4[nH]c(=O)c3c2s1. The van der Waals surface area contributed by atoms with E-state index in [0.29, 0.717) is 34.2 Å². The monoisotopic (exact) mass is 487 g/mol. The normalized spacial score (nSPS) is 15.6. The summed E-state index contributed by atoms with van der Waals surface area (Å²) in [4.78, 5) is 41.4. The quantitative estimate of drug-likeness (QED) is 0.391. The van der Waals surface area contributed by atoms with Crippen LogP contribution in [-0.4, -0.2) is 55.0 Å². The first-order valence-corrected chi connectivity index (χ1v) is 12.4. The van der Waals surface area contributed by atoms with Crippen LogP contribution in [0, 0.1) is 5.41 Å². The van der Waals surface area contributed by atoms with E-state index in [1.54, 1.807) is 23.0 Å². The van der Waals surface area contributed by atoms with E-state index in [0.717, 1.165) is 40.5 Å². The standard InChI is InChI=1S/C25H25N7O2S/c1-4-16-15(6-5-7-26-16)18-10-32-24(35-18)20-22(30-32)21-17(29-23(20)34)8-14(9-27-21)28-19(33)11-31-12-25(2,3)13-31/h5-10H,4,11-13H2,1-3H3,(H,28,33)(H,29,34). The van der Waals surface area contributed by atoms with Crippen molar-refractivity contribution in [2.45, 2.75) is 27.2 Å². The van der Waals surface area contributed by atoms with Gasteiger partial charge in [0.25, 0.3) is 5.56 Å². The van der Waals surface area contributed by atoms with E-state index < -0.39 is 0 Å². The van der Waals surface area contributed by atoms with E-state index in [4.69, 9.17) is 5.10 Å². The second kappa shape index (κ2) is 7.96. The molecule has 2 N–H and O–H groups in total. The lowest BCUT2D eigenvalue weighted by molar-refractivity contribution is -0.120. The summed E-state index contributed by atoms with van der Waals surface area (Å²) < 4.78 is 1.75. The van der Waals surface area contributed by atoms with Gasteiger partial charge in [-0.2, -0.15) is 5.10 Å². The first kappa shape index (κ1) is 21.9. The molecule has 0 aromatic carbocycles. The fourth-order valence-corrected chi connectivity index (χ4v) is 6.10. The van der Waals surface area contributed by atoms with E-state index >= 15 is 0 Å². The molecule has 6 rings (SSSR count). The minimum absolute atomic E-state index is 0.0954. The third-order valence-corrected chi connectivity index (χ3v) is 7.47. The largest absolute Gasteiger partial charge is 0.324 e. The summed E-state index contributed by atoms with van der Waals surface area (Å²) in [6, 6.07) is 5.70. The Bertz CT molecular complexity index is 1670. The predicted molar refractivity (Wildman–Crippen MR) is 138 cm³/mol. The van der Waals surface area contributed by atoms with Gasteiger partial charge in [0.15, 0.2) is 0 Å². The summed E-state index contributed by atoms with van der Waals surface area (Å²) in [6.45, 7) is 8.60. The number of carbonyl (C=O) groups is 1. The van der Waals surface area contributed by atoms with Crippen LogP contribution in [0.3, 0.4) is 0 Å². The molecule has 0 saturated carbocycles. The topological polar surface area (TPSA) is 108 Å². The lowest BCUT2D eigenvalue weighted by Crippen LogP contribution is -2.54. The minimum atomic E-state index is -0.231. The maximum Gasteiger partial charge on any atom is 0.261 e. The van der Waals surface area contributed by atoms with Crippen molar-refractivity contribution in [1.29, 1.82) is 0 Å². The fraction of sp³-hybridized carbons (Fsp3) is 0.320. The summed E-state index contributed by atoms with van der Waals surface area (Å²) >= 11 is 1.51. The van der Waals surface area contributed by atoms with Gasteiger partial charge in [0, 0.05) is 36.7 Å². The van der Waals surface area contributed by atoms with Gasteiger partial charge in [-0.05, 0) is 24.0 Å². The predicted octanol–water partition coefficient (Wildman–Crippen LogP) is 3.69. The molecule has 1 amide bonds. The molecule has 1 saturated heterocycles. The van der Waals surface area contributed by atoms with Crippen LogP contribution in [0.15, 0.2) is 41.6 Å². The Balaban J connectivity index is 1.34. The van der Waals surface area contributed by atoms with Crippen molar-refractivity contribution in [1.82, 2.24) is 29.5 Å². The van der Waals surface area contributed by atoms with Crippen LogP contribution in [0.2, 0.25) is 0 Å². The summed E-state index contributed by atoms with van der Waals surface area (Å²) in [7, 11) is 0. The molecule has 1 aliphatic heterocycles. The number of thiazole rings is 1. The molecule has 0 unspecified atom stereocenters. The van der Waals surface area contributed by atoms with Crippen LogP contribution in [0.5, 0.6) is 0 Å². The smallest absolute Gasteiger partial charge is 0.261 e. The highest BCUT2D eigenvalue weighted by Crippen LogP contribution is 2.34. The number of aromatic amines is 1. The fourth-order valence-electron chi connectivity index (χ4n) is 4.97. The van der Waals surface area contributed by atoms with Gasteiger partial charge in [0.1, 0.15) is 21.3 Å². The minimum Gasteiger partial charge on any atom is -0.324 e. The number of H-pyrrole nitrogens is 1. The average Bonchev–Trinajstić information content (AvgIpc) is 3.36. The van der Waals surface area contributed by atoms with E-state index in [9.17, 15) is 9.59 Å². The molecule has 0 aliphatic carbocycles. The van der Waals surface area contributed by atoms with Crippen LogP contribution in [0.4, 0.5) is 5.69 Å². The van der Waals surface area contributed by atoms with Crippen molar-refractivity contribution in [2.24, 2.45) is 5.41 Å². The molecule has 1 aliphatic rings. The lowest BCUT2D eigenvalue weighted by atomic mass is 9.84. The Hall–Kier alpha value is -3.63. The van der Waals surface area contributed by atoms with E-state index in [-0.39, 0.29) is 16.9 Å². The molecule has 0 bridgehead atoms. The summed E-state index contributed by atoms with van der Waals surface area (Å²) in [5.41, 5.74) is 4.32. The molecule has 0 radical (unpaired) electrons. The number of rotatable bonds is 5. The Morgan fingerprint density at radius 2 is 2.09 bits per heavy atom. The zero-order valence-electron chi connectivity index (χ0n) is 19.8. The van der Waals surface area contributed by atoms with Gasteiger partial charge in [0.2, 0.25) is 5.91 Å². The van der Waals surface area contributed by atoms with Crippen molar-refractivity contribution in [3.8, 4) is 10.4 Å². The van der Waals surface area contributed by atoms with E-state index in [1.807, 2.05) is 18.3 Å².